The molecule has 0 spiro atoms. The highest BCUT2D eigenvalue weighted by molar-refractivity contribution is 9.10. The van der Waals surface area contributed by atoms with E-state index >= 15 is 0 Å². The lowest BCUT2D eigenvalue weighted by Crippen LogP contribution is -2.18. The number of hydrogen-bond donors (Lipinski definition) is 1. The van der Waals surface area contributed by atoms with Gasteiger partial charge >= 0.3 is 5.97 Å². The maximum atomic E-state index is 11.3. The molecule has 1 unspecified atom stereocenters. The van der Waals surface area contributed by atoms with Crippen molar-refractivity contribution >= 4 is 33.2 Å². The maximum absolute atomic E-state index is 11.3. The van der Waals surface area contributed by atoms with Crippen molar-refractivity contribution in [2.45, 2.75) is 12.8 Å². The van der Waals surface area contributed by atoms with Crippen LogP contribution < -0.4 is 0 Å². The Morgan fingerprint density at radius 2 is 2.00 bits per heavy atom. The zero-order valence-electron chi connectivity index (χ0n) is 9.67. The normalized spacial score (nSPS) is 12.3. The van der Waals surface area contributed by atoms with Gasteiger partial charge in [0.25, 0.3) is 0 Å². The Balaban J connectivity index is 2.12. The van der Waals surface area contributed by atoms with E-state index < -0.39 is 5.97 Å². The second-order valence-corrected chi connectivity index (χ2v) is 6.00. The first kappa shape index (κ1) is 13.3. The lowest BCUT2D eigenvalue weighted by atomic mass is 9.96. The van der Waals surface area contributed by atoms with E-state index in [0.29, 0.717) is 12.8 Å². The minimum atomic E-state index is -0.737. The lowest BCUT2D eigenvalue weighted by molar-refractivity contribution is -0.141. The molecule has 0 aliphatic heterocycles. The van der Waals surface area contributed by atoms with Crippen LogP contribution >= 0.6 is 27.3 Å². The van der Waals surface area contributed by atoms with Gasteiger partial charge in [-0.2, -0.15) is 0 Å². The molecule has 0 radical (unpaired) electrons. The highest BCUT2D eigenvalue weighted by Gasteiger charge is 2.20. The molecule has 4 heteroatoms. The van der Waals surface area contributed by atoms with Crippen LogP contribution in [0, 0.1) is 5.92 Å². The summed E-state index contributed by atoms with van der Waals surface area (Å²) in [4.78, 5) is 12.5. The maximum Gasteiger partial charge on any atom is 0.307 e. The number of halogens is 1. The summed E-state index contributed by atoms with van der Waals surface area (Å²) in [6, 6.07) is 11.7. The Kier molecular flexibility index (Phi) is 4.55. The van der Waals surface area contributed by atoms with Crippen molar-refractivity contribution < 1.29 is 9.90 Å². The van der Waals surface area contributed by atoms with E-state index in [9.17, 15) is 9.90 Å². The number of benzene rings is 1. The van der Waals surface area contributed by atoms with Crippen LogP contribution in [0.15, 0.2) is 46.3 Å². The monoisotopic (exact) mass is 324 g/mol. The van der Waals surface area contributed by atoms with Gasteiger partial charge in [-0.3, -0.25) is 4.79 Å². The van der Waals surface area contributed by atoms with Gasteiger partial charge in [0.15, 0.2) is 0 Å². The van der Waals surface area contributed by atoms with E-state index in [0.717, 1.165) is 14.9 Å². The molecule has 2 aromatic rings. The minimum Gasteiger partial charge on any atom is -0.481 e. The first-order valence-electron chi connectivity index (χ1n) is 5.65. The van der Waals surface area contributed by atoms with Crippen molar-refractivity contribution in [2.24, 2.45) is 5.92 Å². The number of thiophene rings is 1. The molecule has 2 rings (SSSR count). The number of carbonyl (C=O) groups is 1. The Morgan fingerprint density at radius 1 is 1.22 bits per heavy atom. The fraction of sp³-hybridized carbons (Fsp3) is 0.214. The van der Waals surface area contributed by atoms with Gasteiger partial charge in [0.2, 0.25) is 0 Å². The van der Waals surface area contributed by atoms with E-state index in [2.05, 4.69) is 15.9 Å². The smallest absolute Gasteiger partial charge is 0.307 e. The van der Waals surface area contributed by atoms with Crippen LogP contribution in [0.4, 0.5) is 0 Å². The Morgan fingerprint density at radius 3 is 2.61 bits per heavy atom. The van der Waals surface area contributed by atoms with Crippen molar-refractivity contribution in [1.82, 2.24) is 0 Å². The SMILES string of the molecule is O=C(O)C(Cc1cccs1)Cc1ccccc1Br. The van der Waals surface area contributed by atoms with Gasteiger partial charge in [0.05, 0.1) is 5.92 Å². The predicted octanol–water partition coefficient (Wildman–Crippen LogP) is 4.00. The van der Waals surface area contributed by atoms with Crippen molar-refractivity contribution in [1.29, 1.82) is 0 Å². The van der Waals surface area contributed by atoms with Gasteiger partial charge in [-0.05, 0) is 35.9 Å². The average molecular weight is 325 g/mol. The van der Waals surface area contributed by atoms with Crippen LogP contribution in [-0.4, -0.2) is 11.1 Å². The molecule has 2 nitrogen and oxygen atoms in total. The summed E-state index contributed by atoms with van der Waals surface area (Å²) in [6.45, 7) is 0. The third-order valence-corrected chi connectivity index (χ3v) is 4.47. The molecule has 0 aliphatic carbocycles. The van der Waals surface area contributed by atoms with Crippen LogP contribution in [0.25, 0.3) is 0 Å². The van der Waals surface area contributed by atoms with Gasteiger partial charge in [0, 0.05) is 9.35 Å². The summed E-state index contributed by atoms with van der Waals surface area (Å²) in [7, 11) is 0. The summed E-state index contributed by atoms with van der Waals surface area (Å²) in [6.07, 6.45) is 1.14. The molecule has 18 heavy (non-hydrogen) atoms. The van der Waals surface area contributed by atoms with Crippen LogP contribution in [0.1, 0.15) is 10.4 Å². The first-order chi connectivity index (χ1) is 8.66. The van der Waals surface area contributed by atoms with Gasteiger partial charge < -0.3 is 5.11 Å². The van der Waals surface area contributed by atoms with Gasteiger partial charge in [0.1, 0.15) is 0 Å². The van der Waals surface area contributed by atoms with Crippen LogP contribution in [0.3, 0.4) is 0 Å². The van der Waals surface area contributed by atoms with Gasteiger partial charge in [-0.1, -0.05) is 40.2 Å². The largest absolute Gasteiger partial charge is 0.481 e. The molecule has 1 N–H and O–H groups in total. The molecule has 0 fully saturated rings. The summed E-state index contributed by atoms with van der Waals surface area (Å²) < 4.78 is 0.974. The predicted molar refractivity (Wildman–Crippen MR) is 77.0 cm³/mol. The fourth-order valence-corrected chi connectivity index (χ4v) is 3.08. The molecule has 0 saturated heterocycles. The van der Waals surface area contributed by atoms with E-state index in [1.165, 1.54) is 0 Å². The molecule has 94 valence electrons. The second kappa shape index (κ2) is 6.16. The number of carboxylic acids is 1. The number of hydrogen-bond acceptors (Lipinski definition) is 2. The Bertz CT molecular complexity index is 522. The van der Waals surface area contributed by atoms with E-state index in [4.69, 9.17) is 0 Å². The molecule has 0 amide bonds. The fourth-order valence-electron chi connectivity index (χ4n) is 1.85. The molecular formula is C14H13BrO2S. The molecule has 1 heterocycles. The average Bonchev–Trinajstić information content (AvgIpc) is 2.83. The Hall–Kier alpha value is -1.13. The van der Waals surface area contributed by atoms with Crippen molar-refractivity contribution in [3.8, 4) is 0 Å². The molecule has 0 saturated carbocycles. The molecule has 1 aromatic carbocycles. The lowest BCUT2D eigenvalue weighted by Gasteiger charge is -2.12. The van der Waals surface area contributed by atoms with Crippen molar-refractivity contribution in [2.75, 3.05) is 0 Å². The van der Waals surface area contributed by atoms with Crippen LogP contribution in [0.5, 0.6) is 0 Å². The molecule has 1 atom stereocenters. The summed E-state index contributed by atoms with van der Waals surface area (Å²) in [5.41, 5.74) is 1.04. The highest BCUT2D eigenvalue weighted by atomic mass is 79.9. The molecule has 0 bridgehead atoms. The summed E-state index contributed by atoms with van der Waals surface area (Å²) in [5.74, 6) is -1.11. The van der Waals surface area contributed by atoms with Crippen molar-refractivity contribution in [3.05, 3.63) is 56.7 Å². The van der Waals surface area contributed by atoms with Gasteiger partial charge in [-0.15, -0.1) is 11.3 Å². The van der Waals surface area contributed by atoms with Crippen LogP contribution in [0.2, 0.25) is 0 Å². The van der Waals surface area contributed by atoms with Gasteiger partial charge in [-0.25, -0.2) is 0 Å². The van der Waals surface area contributed by atoms with Crippen LogP contribution in [-0.2, 0) is 17.6 Å². The summed E-state index contributed by atoms with van der Waals surface area (Å²) in [5, 5.41) is 11.3. The first-order valence-corrected chi connectivity index (χ1v) is 7.32. The molecule has 1 aromatic heterocycles. The topological polar surface area (TPSA) is 37.3 Å². The number of rotatable bonds is 5. The standard InChI is InChI=1S/C14H13BrO2S/c15-13-6-2-1-4-10(13)8-11(14(16)17)9-12-5-3-7-18-12/h1-7,11H,8-9H2,(H,16,17). The van der Waals surface area contributed by atoms with E-state index in [1.54, 1.807) is 11.3 Å². The zero-order valence-corrected chi connectivity index (χ0v) is 12.1. The minimum absolute atomic E-state index is 0.373. The third-order valence-electron chi connectivity index (χ3n) is 2.80. The van der Waals surface area contributed by atoms with E-state index in [-0.39, 0.29) is 5.92 Å². The highest BCUT2D eigenvalue weighted by Crippen LogP contribution is 2.23. The van der Waals surface area contributed by atoms with E-state index in [1.807, 2.05) is 41.8 Å². The summed E-state index contributed by atoms with van der Waals surface area (Å²) >= 11 is 5.07. The number of carboxylic acid groups (broad SMARTS) is 1. The quantitative estimate of drug-likeness (QED) is 0.902. The molecular weight excluding hydrogens is 312 g/mol. The molecule has 0 aliphatic rings. The third kappa shape index (κ3) is 3.43. The second-order valence-electron chi connectivity index (χ2n) is 4.11. The Labute approximate surface area is 118 Å². The van der Waals surface area contributed by atoms with Crippen molar-refractivity contribution in [3.63, 3.8) is 0 Å². The number of aliphatic carboxylic acids is 1. The zero-order chi connectivity index (χ0) is 13.0.